The first-order valence-corrected chi connectivity index (χ1v) is 8.73. The van der Waals surface area contributed by atoms with E-state index in [2.05, 4.69) is 60.9 Å². The zero-order chi connectivity index (χ0) is 14.7. The Morgan fingerprint density at radius 3 is 2.67 bits per heavy atom. The molecule has 1 aliphatic heterocycles. The summed E-state index contributed by atoms with van der Waals surface area (Å²) in [6.07, 6.45) is 1.12. The molecule has 2 aromatic carbocycles. The van der Waals surface area contributed by atoms with Crippen LogP contribution in [0.15, 0.2) is 48.5 Å². The fraction of sp³-hybridized carbons (Fsp3) is 0.250. The first-order valence-electron chi connectivity index (χ1n) is 6.88. The summed E-state index contributed by atoms with van der Waals surface area (Å²) in [5, 5.41) is 1.02. The van der Waals surface area contributed by atoms with E-state index in [1.165, 1.54) is 11.4 Å². The minimum atomic E-state index is 0.879. The van der Waals surface area contributed by atoms with E-state index in [4.69, 9.17) is 4.74 Å². The van der Waals surface area contributed by atoms with Gasteiger partial charge in [0.1, 0.15) is 5.75 Å². The Morgan fingerprint density at radius 2 is 1.90 bits per heavy atom. The maximum absolute atomic E-state index is 5.34. The predicted molar refractivity (Wildman–Crippen MR) is 94.9 cm³/mol. The van der Waals surface area contributed by atoms with Crippen LogP contribution >= 0.6 is 28.1 Å². The standard InChI is InChI=1S/C16H17BrN2OS/c1-20-14-7-4-6-13(12-14)19-16-9-3-2-8-15(16)18(21-19)11-5-10-17/h2-4,6-9,12H,5,10-11H2,1H3. The quantitative estimate of drug-likeness (QED) is 0.547. The highest BCUT2D eigenvalue weighted by molar-refractivity contribution is 9.09. The molecule has 0 saturated carbocycles. The van der Waals surface area contributed by atoms with E-state index in [1.807, 2.05) is 12.1 Å². The number of para-hydroxylation sites is 2. The highest BCUT2D eigenvalue weighted by atomic mass is 79.9. The summed E-state index contributed by atoms with van der Waals surface area (Å²) in [5.74, 6) is 0.879. The Bertz CT molecular complexity index is 623. The summed E-state index contributed by atoms with van der Waals surface area (Å²) >= 11 is 5.25. The number of hydrogen-bond acceptors (Lipinski definition) is 4. The molecule has 3 nitrogen and oxygen atoms in total. The van der Waals surface area contributed by atoms with Crippen molar-refractivity contribution in [2.75, 3.05) is 27.6 Å². The molecular weight excluding hydrogens is 348 g/mol. The third-order valence-corrected chi connectivity index (χ3v) is 5.04. The van der Waals surface area contributed by atoms with Gasteiger partial charge in [0, 0.05) is 17.9 Å². The number of hydrogen-bond donors (Lipinski definition) is 0. The molecule has 0 aliphatic carbocycles. The van der Waals surface area contributed by atoms with E-state index < -0.39 is 0 Å². The third kappa shape index (κ3) is 2.99. The van der Waals surface area contributed by atoms with Gasteiger partial charge >= 0.3 is 0 Å². The van der Waals surface area contributed by atoms with Crippen LogP contribution in [-0.4, -0.2) is 19.0 Å². The van der Waals surface area contributed by atoms with Gasteiger partial charge in [-0.25, -0.2) is 0 Å². The number of anilines is 3. The maximum atomic E-state index is 5.34. The number of ether oxygens (including phenoxy) is 1. The molecule has 0 saturated heterocycles. The van der Waals surface area contributed by atoms with E-state index >= 15 is 0 Å². The lowest BCUT2D eigenvalue weighted by Gasteiger charge is -2.19. The zero-order valence-electron chi connectivity index (χ0n) is 11.8. The maximum Gasteiger partial charge on any atom is 0.120 e. The van der Waals surface area contributed by atoms with Crippen LogP contribution in [0.5, 0.6) is 5.75 Å². The van der Waals surface area contributed by atoms with Crippen LogP contribution in [0.2, 0.25) is 0 Å². The number of rotatable bonds is 5. The van der Waals surface area contributed by atoms with E-state index in [0.717, 1.165) is 29.7 Å². The topological polar surface area (TPSA) is 15.7 Å². The largest absolute Gasteiger partial charge is 0.497 e. The van der Waals surface area contributed by atoms with Crippen molar-refractivity contribution in [3.05, 3.63) is 48.5 Å². The summed E-state index contributed by atoms with van der Waals surface area (Å²) in [7, 11) is 1.70. The van der Waals surface area contributed by atoms with Gasteiger partial charge in [0.15, 0.2) is 0 Å². The molecular formula is C16H17BrN2OS. The van der Waals surface area contributed by atoms with Crippen LogP contribution in [0.3, 0.4) is 0 Å². The van der Waals surface area contributed by atoms with Gasteiger partial charge in [0.05, 0.1) is 36.3 Å². The highest BCUT2D eigenvalue weighted by Gasteiger charge is 2.28. The van der Waals surface area contributed by atoms with Crippen LogP contribution in [0.25, 0.3) is 0 Å². The second kappa shape index (κ2) is 6.62. The van der Waals surface area contributed by atoms with Gasteiger partial charge in [-0.1, -0.05) is 34.1 Å². The van der Waals surface area contributed by atoms with Crippen molar-refractivity contribution in [3.63, 3.8) is 0 Å². The minimum absolute atomic E-state index is 0.879. The predicted octanol–water partition coefficient (Wildman–Crippen LogP) is 5.00. The fourth-order valence-corrected chi connectivity index (χ4v) is 3.67. The molecule has 2 aromatic rings. The Balaban J connectivity index is 1.93. The van der Waals surface area contributed by atoms with Gasteiger partial charge in [-0.15, -0.1) is 0 Å². The van der Waals surface area contributed by atoms with Crippen LogP contribution in [0, 0.1) is 0 Å². The van der Waals surface area contributed by atoms with Crippen LogP contribution in [-0.2, 0) is 0 Å². The lowest BCUT2D eigenvalue weighted by molar-refractivity contribution is 0.415. The van der Waals surface area contributed by atoms with Gasteiger partial charge in [-0.3, -0.25) is 8.61 Å². The molecule has 0 spiro atoms. The lowest BCUT2D eigenvalue weighted by Crippen LogP contribution is -2.15. The fourth-order valence-electron chi connectivity index (χ4n) is 2.32. The van der Waals surface area contributed by atoms with Gasteiger partial charge in [0.25, 0.3) is 0 Å². The van der Waals surface area contributed by atoms with Crippen molar-refractivity contribution in [3.8, 4) is 5.75 Å². The zero-order valence-corrected chi connectivity index (χ0v) is 14.2. The number of fused-ring (bicyclic) bond motifs is 1. The molecule has 0 aromatic heterocycles. The normalized spacial score (nSPS) is 13.4. The summed E-state index contributed by atoms with van der Waals surface area (Å²) in [4.78, 5) is 0. The number of alkyl halides is 1. The molecule has 3 rings (SSSR count). The molecule has 1 aliphatic rings. The first kappa shape index (κ1) is 14.6. The van der Waals surface area contributed by atoms with Crippen molar-refractivity contribution in [2.24, 2.45) is 0 Å². The Morgan fingerprint density at radius 1 is 1.10 bits per heavy atom. The first-order chi connectivity index (χ1) is 10.3. The number of benzene rings is 2. The molecule has 0 radical (unpaired) electrons. The smallest absolute Gasteiger partial charge is 0.120 e. The number of nitrogens with zero attached hydrogens (tertiary/aromatic N) is 2. The second-order valence-corrected chi connectivity index (χ2v) is 6.47. The summed E-state index contributed by atoms with van der Waals surface area (Å²) in [6, 6.07) is 16.7. The van der Waals surface area contributed by atoms with Crippen molar-refractivity contribution in [1.29, 1.82) is 0 Å². The van der Waals surface area contributed by atoms with Gasteiger partial charge in [-0.2, -0.15) is 0 Å². The molecule has 0 atom stereocenters. The second-order valence-electron chi connectivity index (χ2n) is 4.71. The van der Waals surface area contributed by atoms with Crippen molar-refractivity contribution >= 4 is 45.1 Å². The molecule has 110 valence electrons. The van der Waals surface area contributed by atoms with E-state index in [0.29, 0.717) is 0 Å². The Kier molecular flexibility index (Phi) is 4.60. The summed E-state index contributed by atoms with van der Waals surface area (Å²) in [5.41, 5.74) is 3.63. The monoisotopic (exact) mass is 364 g/mol. The van der Waals surface area contributed by atoms with Gasteiger partial charge in [-0.05, 0) is 30.7 Å². The van der Waals surface area contributed by atoms with Gasteiger partial charge in [0.2, 0.25) is 0 Å². The van der Waals surface area contributed by atoms with E-state index in [9.17, 15) is 0 Å². The van der Waals surface area contributed by atoms with E-state index in [-0.39, 0.29) is 0 Å². The molecule has 0 unspecified atom stereocenters. The summed E-state index contributed by atoms with van der Waals surface area (Å²) < 4.78 is 9.94. The molecule has 0 amide bonds. The molecule has 1 heterocycles. The minimum Gasteiger partial charge on any atom is -0.497 e. The van der Waals surface area contributed by atoms with Crippen LogP contribution in [0.1, 0.15) is 6.42 Å². The number of halogens is 1. The van der Waals surface area contributed by atoms with E-state index in [1.54, 1.807) is 19.2 Å². The Hall–Kier alpha value is -1.33. The number of methoxy groups -OCH3 is 1. The molecule has 21 heavy (non-hydrogen) atoms. The van der Waals surface area contributed by atoms with Crippen LogP contribution in [0.4, 0.5) is 17.1 Å². The molecule has 0 bridgehead atoms. The van der Waals surface area contributed by atoms with Crippen LogP contribution < -0.4 is 13.3 Å². The average molecular weight is 365 g/mol. The average Bonchev–Trinajstić information content (AvgIpc) is 2.92. The highest BCUT2D eigenvalue weighted by Crippen LogP contribution is 2.49. The van der Waals surface area contributed by atoms with Crippen molar-refractivity contribution < 1.29 is 4.74 Å². The third-order valence-electron chi connectivity index (χ3n) is 3.33. The molecule has 0 N–H and O–H groups in total. The molecule has 0 fully saturated rings. The van der Waals surface area contributed by atoms with Crippen molar-refractivity contribution in [2.45, 2.75) is 6.42 Å². The lowest BCUT2D eigenvalue weighted by atomic mass is 10.2. The Labute approximate surface area is 138 Å². The van der Waals surface area contributed by atoms with Gasteiger partial charge < -0.3 is 4.74 Å². The van der Waals surface area contributed by atoms with Crippen molar-refractivity contribution in [1.82, 2.24) is 0 Å². The SMILES string of the molecule is COc1cccc(N2SN(CCCBr)c3ccccc32)c1. The summed E-state index contributed by atoms with van der Waals surface area (Å²) in [6.45, 7) is 1.02. The molecule has 5 heteroatoms.